The van der Waals surface area contributed by atoms with Gasteiger partial charge in [-0.2, -0.15) is 0 Å². The lowest BCUT2D eigenvalue weighted by molar-refractivity contribution is -0.117. The maximum atomic E-state index is 11.3. The Hall–Kier alpha value is -1.44. The van der Waals surface area contributed by atoms with E-state index in [1.54, 1.807) is 6.08 Å². The minimum Gasteiger partial charge on any atom is -0.299 e. The minimum atomic E-state index is 0.164. The van der Waals surface area contributed by atoms with Gasteiger partial charge in [-0.15, -0.1) is 6.58 Å². The van der Waals surface area contributed by atoms with Gasteiger partial charge in [0.15, 0.2) is 0 Å². The van der Waals surface area contributed by atoms with Gasteiger partial charge in [-0.25, -0.2) is 0 Å². The predicted molar refractivity (Wildman–Crippen MR) is 57.1 cm³/mol. The van der Waals surface area contributed by atoms with Crippen molar-refractivity contribution in [3.63, 3.8) is 0 Å². The van der Waals surface area contributed by atoms with E-state index in [4.69, 9.17) is 0 Å². The molecular formula is C12H15NO. The summed E-state index contributed by atoms with van der Waals surface area (Å²) in [6.07, 6.45) is 5.28. The molecule has 0 aliphatic carbocycles. The molecule has 0 aliphatic rings. The molecule has 1 heterocycles. The molecule has 0 spiro atoms. The van der Waals surface area contributed by atoms with Gasteiger partial charge < -0.3 is 0 Å². The molecule has 0 aromatic carbocycles. The van der Waals surface area contributed by atoms with Crippen LogP contribution in [0.1, 0.15) is 24.6 Å². The van der Waals surface area contributed by atoms with E-state index in [9.17, 15) is 4.79 Å². The fourth-order valence-electron chi connectivity index (χ4n) is 1.20. The number of allylic oxidation sites excluding steroid dienone is 1. The summed E-state index contributed by atoms with van der Waals surface area (Å²) >= 11 is 0. The predicted octanol–water partition coefficient (Wildman–Crippen LogP) is 2.33. The third-order valence-electron chi connectivity index (χ3n) is 2.04. The second kappa shape index (κ2) is 5.32. The quantitative estimate of drug-likeness (QED) is 0.665. The first kappa shape index (κ1) is 10.6. The van der Waals surface area contributed by atoms with Gasteiger partial charge in [-0.1, -0.05) is 19.1 Å². The van der Waals surface area contributed by atoms with Gasteiger partial charge in [0.2, 0.25) is 0 Å². The number of rotatable bonds is 5. The average Bonchev–Trinajstić information content (AvgIpc) is 2.19. The number of ketones is 1. The number of carbonyl (C=O) groups excluding carboxylic acids is 1. The van der Waals surface area contributed by atoms with Crippen molar-refractivity contribution >= 4 is 5.78 Å². The lowest BCUT2D eigenvalue weighted by atomic mass is 10.1. The Morgan fingerprint density at radius 2 is 2.36 bits per heavy atom. The van der Waals surface area contributed by atoms with Crippen LogP contribution in [0.15, 0.2) is 31.0 Å². The fraction of sp³-hybridized carbons (Fsp3) is 0.333. The van der Waals surface area contributed by atoms with E-state index in [0.29, 0.717) is 12.8 Å². The van der Waals surface area contributed by atoms with E-state index >= 15 is 0 Å². The highest BCUT2D eigenvalue weighted by molar-refractivity contribution is 5.81. The largest absolute Gasteiger partial charge is 0.299 e. The van der Waals surface area contributed by atoms with Crippen LogP contribution in [0.5, 0.6) is 0 Å². The summed E-state index contributed by atoms with van der Waals surface area (Å²) in [5.74, 6) is 0.164. The van der Waals surface area contributed by atoms with Crippen LogP contribution in [0.25, 0.3) is 0 Å². The van der Waals surface area contributed by atoms with Crippen molar-refractivity contribution in [3.05, 3.63) is 42.2 Å². The molecule has 0 amide bonds. The molecule has 0 atom stereocenters. The van der Waals surface area contributed by atoms with Gasteiger partial charge in [0, 0.05) is 24.7 Å². The summed E-state index contributed by atoms with van der Waals surface area (Å²) in [6, 6.07) is 3.93. The number of hydrogen-bond donors (Lipinski definition) is 0. The summed E-state index contributed by atoms with van der Waals surface area (Å²) in [5.41, 5.74) is 2.04. The first-order valence-corrected chi connectivity index (χ1v) is 4.82. The molecule has 0 saturated heterocycles. The molecule has 0 saturated carbocycles. The zero-order chi connectivity index (χ0) is 10.4. The van der Waals surface area contributed by atoms with E-state index in [-0.39, 0.29) is 5.78 Å². The normalized spacial score (nSPS) is 9.79. The molecular weight excluding hydrogens is 174 g/mol. The summed E-state index contributed by atoms with van der Waals surface area (Å²) in [4.78, 5) is 15.5. The highest BCUT2D eigenvalue weighted by Crippen LogP contribution is 2.03. The summed E-state index contributed by atoms with van der Waals surface area (Å²) in [6.45, 7) is 5.61. The third kappa shape index (κ3) is 3.13. The van der Waals surface area contributed by atoms with Crippen LogP contribution in [0.3, 0.4) is 0 Å². The number of hydrogen-bond acceptors (Lipinski definition) is 2. The van der Waals surface area contributed by atoms with Crippen LogP contribution in [0.4, 0.5) is 0 Å². The van der Waals surface area contributed by atoms with Crippen molar-refractivity contribution in [3.8, 4) is 0 Å². The molecule has 74 valence electrons. The number of nitrogens with zero attached hydrogens (tertiary/aromatic N) is 1. The molecule has 1 aromatic heterocycles. The Morgan fingerprint density at radius 1 is 1.57 bits per heavy atom. The molecule has 1 rings (SSSR count). The average molecular weight is 189 g/mol. The second-order valence-electron chi connectivity index (χ2n) is 3.22. The molecule has 2 nitrogen and oxygen atoms in total. The molecule has 0 bridgehead atoms. The van der Waals surface area contributed by atoms with Crippen molar-refractivity contribution in [2.24, 2.45) is 0 Å². The monoisotopic (exact) mass is 189 g/mol. The van der Waals surface area contributed by atoms with Crippen LogP contribution in [-0.4, -0.2) is 10.8 Å². The molecule has 0 N–H and O–H groups in total. The number of carbonyl (C=O) groups is 1. The highest BCUT2D eigenvalue weighted by Gasteiger charge is 2.02. The third-order valence-corrected chi connectivity index (χ3v) is 2.04. The van der Waals surface area contributed by atoms with E-state index < -0.39 is 0 Å². The van der Waals surface area contributed by atoms with Gasteiger partial charge >= 0.3 is 0 Å². The van der Waals surface area contributed by atoms with Crippen molar-refractivity contribution in [1.29, 1.82) is 0 Å². The smallest absolute Gasteiger partial charge is 0.142 e. The fourth-order valence-corrected chi connectivity index (χ4v) is 1.20. The van der Waals surface area contributed by atoms with Gasteiger partial charge in [0.05, 0.1) is 0 Å². The molecule has 0 aliphatic heterocycles. The number of aromatic nitrogens is 1. The molecule has 1 aromatic rings. The van der Waals surface area contributed by atoms with Crippen molar-refractivity contribution in [2.45, 2.75) is 26.2 Å². The molecule has 2 heteroatoms. The van der Waals surface area contributed by atoms with Crippen LogP contribution in [0, 0.1) is 0 Å². The summed E-state index contributed by atoms with van der Waals surface area (Å²) in [7, 11) is 0. The Balaban J connectivity index is 2.59. The summed E-state index contributed by atoms with van der Waals surface area (Å²) < 4.78 is 0. The first-order valence-electron chi connectivity index (χ1n) is 4.82. The van der Waals surface area contributed by atoms with E-state index in [0.717, 1.165) is 12.1 Å². The lowest BCUT2D eigenvalue weighted by Gasteiger charge is -1.99. The maximum Gasteiger partial charge on any atom is 0.142 e. The van der Waals surface area contributed by atoms with E-state index in [1.165, 1.54) is 5.56 Å². The molecule has 0 unspecified atom stereocenters. The number of Topliss-reactive ketones (excluding diaryl/α,β-unsaturated/α-hetero) is 1. The van der Waals surface area contributed by atoms with Crippen LogP contribution in [0.2, 0.25) is 0 Å². The van der Waals surface area contributed by atoms with Gasteiger partial charge in [0.25, 0.3) is 0 Å². The standard InChI is InChI=1S/C12H15NO/c1-3-5-12(14)8-11-7-6-10(4-2)9-13-11/h3,6-7,9H,1,4-5,8H2,2H3. The Bertz CT molecular complexity index is 314. The van der Waals surface area contributed by atoms with Gasteiger partial charge in [0.1, 0.15) is 5.78 Å². The minimum absolute atomic E-state index is 0.164. The molecule has 0 fully saturated rings. The summed E-state index contributed by atoms with van der Waals surface area (Å²) in [5, 5.41) is 0. The van der Waals surface area contributed by atoms with Crippen LogP contribution in [-0.2, 0) is 17.6 Å². The first-order chi connectivity index (χ1) is 6.76. The van der Waals surface area contributed by atoms with Crippen LogP contribution >= 0.6 is 0 Å². The Kier molecular flexibility index (Phi) is 4.05. The zero-order valence-electron chi connectivity index (χ0n) is 8.49. The topological polar surface area (TPSA) is 30.0 Å². The van der Waals surface area contributed by atoms with E-state index in [1.807, 2.05) is 18.3 Å². The van der Waals surface area contributed by atoms with Crippen LogP contribution < -0.4 is 0 Å². The maximum absolute atomic E-state index is 11.3. The highest BCUT2D eigenvalue weighted by atomic mass is 16.1. The Labute approximate surface area is 84.7 Å². The van der Waals surface area contributed by atoms with Crippen molar-refractivity contribution in [1.82, 2.24) is 4.98 Å². The lowest BCUT2D eigenvalue weighted by Crippen LogP contribution is -2.02. The number of pyridine rings is 1. The number of aryl methyl sites for hydroxylation is 1. The van der Waals surface area contributed by atoms with Crippen molar-refractivity contribution < 1.29 is 4.79 Å². The second-order valence-corrected chi connectivity index (χ2v) is 3.22. The SMILES string of the molecule is C=CCC(=O)Cc1ccc(CC)cn1. The molecule has 0 radical (unpaired) electrons. The zero-order valence-corrected chi connectivity index (χ0v) is 8.49. The van der Waals surface area contributed by atoms with Gasteiger partial charge in [-0.3, -0.25) is 9.78 Å². The van der Waals surface area contributed by atoms with Gasteiger partial charge in [-0.05, 0) is 18.1 Å². The molecule has 14 heavy (non-hydrogen) atoms. The van der Waals surface area contributed by atoms with Crippen molar-refractivity contribution in [2.75, 3.05) is 0 Å². The Morgan fingerprint density at radius 3 is 2.86 bits per heavy atom. The van der Waals surface area contributed by atoms with E-state index in [2.05, 4.69) is 18.5 Å².